The molecule has 7 nitrogen and oxygen atoms in total. The van der Waals surface area contributed by atoms with Gasteiger partial charge in [-0.1, -0.05) is 22.9 Å². The SMILES string of the molecule is COc1ccc(Cl)cc1C(=O)N(CC1CCCO1)c1nc2c(OC)ccc(OC)c2s1. The van der Waals surface area contributed by atoms with Crippen LogP contribution in [0.1, 0.15) is 23.2 Å². The van der Waals surface area contributed by atoms with Crippen molar-refractivity contribution in [1.82, 2.24) is 4.98 Å². The van der Waals surface area contributed by atoms with E-state index in [0.717, 1.165) is 17.5 Å². The maximum Gasteiger partial charge on any atom is 0.263 e. The van der Waals surface area contributed by atoms with Crippen LogP contribution in [-0.4, -0.2) is 51.5 Å². The average Bonchev–Trinajstić information content (AvgIpc) is 3.46. The largest absolute Gasteiger partial charge is 0.496 e. The molecule has 0 saturated carbocycles. The van der Waals surface area contributed by atoms with Crippen molar-refractivity contribution in [3.05, 3.63) is 40.9 Å². The Labute approximate surface area is 189 Å². The van der Waals surface area contributed by atoms with Crippen molar-refractivity contribution in [2.24, 2.45) is 0 Å². The molecule has 0 radical (unpaired) electrons. The first-order chi connectivity index (χ1) is 15.0. The Kier molecular flexibility index (Phi) is 6.50. The Morgan fingerprint density at radius 1 is 1.16 bits per heavy atom. The number of anilines is 1. The van der Waals surface area contributed by atoms with Crippen LogP contribution in [-0.2, 0) is 4.74 Å². The number of thiazole rings is 1. The molecular weight excluding hydrogens is 440 g/mol. The number of hydrogen-bond donors (Lipinski definition) is 0. The molecule has 1 unspecified atom stereocenters. The average molecular weight is 463 g/mol. The van der Waals surface area contributed by atoms with Crippen LogP contribution in [0.5, 0.6) is 17.2 Å². The van der Waals surface area contributed by atoms with Gasteiger partial charge in [0.15, 0.2) is 5.13 Å². The molecule has 1 amide bonds. The number of carbonyl (C=O) groups excluding carboxylic acids is 1. The summed E-state index contributed by atoms with van der Waals surface area (Å²) in [6.45, 7) is 1.06. The van der Waals surface area contributed by atoms with E-state index >= 15 is 0 Å². The molecule has 31 heavy (non-hydrogen) atoms. The van der Waals surface area contributed by atoms with E-state index in [1.165, 1.54) is 18.4 Å². The number of rotatable bonds is 7. The second-order valence-corrected chi connectivity index (χ2v) is 8.45. The number of benzene rings is 2. The van der Waals surface area contributed by atoms with Gasteiger partial charge in [-0.05, 0) is 43.2 Å². The molecule has 2 heterocycles. The normalized spacial score (nSPS) is 15.8. The van der Waals surface area contributed by atoms with E-state index in [2.05, 4.69) is 0 Å². The van der Waals surface area contributed by atoms with Crippen LogP contribution in [0.15, 0.2) is 30.3 Å². The van der Waals surface area contributed by atoms with Gasteiger partial charge < -0.3 is 18.9 Å². The summed E-state index contributed by atoms with van der Waals surface area (Å²) in [7, 11) is 4.72. The Hall–Kier alpha value is -2.55. The minimum atomic E-state index is -0.258. The van der Waals surface area contributed by atoms with Crippen LogP contribution in [0.3, 0.4) is 0 Å². The van der Waals surface area contributed by atoms with Crippen molar-refractivity contribution >= 4 is 44.2 Å². The zero-order valence-corrected chi connectivity index (χ0v) is 19.1. The van der Waals surface area contributed by atoms with Gasteiger partial charge in [0.05, 0.1) is 39.5 Å². The predicted octanol–water partition coefficient (Wildman–Crippen LogP) is 4.80. The number of fused-ring (bicyclic) bond motifs is 1. The summed E-state index contributed by atoms with van der Waals surface area (Å²) < 4.78 is 23.0. The van der Waals surface area contributed by atoms with Crippen LogP contribution in [0.2, 0.25) is 5.02 Å². The molecule has 0 spiro atoms. The number of halogens is 1. The number of methoxy groups -OCH3 is 3. The molecule has 9 heteroatoms. The molecule has 164 valence electrons. The summed E-state index contributed by atoms with van der Waals surface area (Å²) >= 11 is 7.55. The van der Waals surface area contributed by atoms with Crippen LogP contribution >= 0.6 is 22.9 Å². The summed E-state index contributed by atoms with van der Waals surface area (Å²) in [6.07, 6.45) is 1.78. The van der Waals surface area contributed by atoms with E-state index in [4.69, 9.17) is 35.5 Å². The second kappa shape index (κ2) is 9.30. The Morgan fingerprint density at radius 3 is 2.55 bits per heavy atom. The van der Waals surface area contributed by atoms with Gasteiger partial charge in [-0.3, -0.25) is 9.69 Å². The lowest BCUT2D eigenvalue weighted by atomic mass is 10.1. The standard InChI is InChI=1S/C22H23ClN2O5S/c1-27-16-7-6-13(23)11-15(16)21(26)25(12-14-5-4-10-30-14)22-24-19-17(28-2)8-9-18(29-3)20(19)31-22/h6-9,11,14H,4-5,10,12H2,1-3H3. The molecule has 0 aliphatic carbocycles. The lowest BCUT2D eigenvalue weighted by molar-refractivity contribution is 0.0915. The molecule has 1 aromatic heterocycles. The third-order valence-electron chi connectivity index (χ3n) is 5.18. The Balaban J connectivity index is 1.82. The third-order valence-corrected chi connectivity index (χ3v) is 6.51. The first-order valence-corrected chi connectivity index (χ1v) is 11.0. The fourth-order valence-electron chi connectivity index (χ4n) is 3.62. The molecule has 0 N–H and O–H groups in total. The maximum absolute atomic E-state index is 13.7. The van der Waals surface area contributed by atoms with Crippen LogP contribution in [0.4, 0.5) is 5.13 Å². The van der Waals surface area contributed by atoms with Gasteiger partial charge in [-0.15, -0.1) is 0 Å². The lowest BCUT2D eigenvalue weighted by Crippen LogP contribution is -2.37. The number of carbonyl (C=O) groups is 1. The molecule has 1 atom stereocenters. The summed E-state index contributed by atoms with van der Waals surface area (Å²) in [6, 6.07) is 8.62. The molecule has 0 bridgehead atoms. The Morgan fingerprint density at radius 2 is 1.87 bits per heavy atom. The number of amides is 1. The summed E-state index contributed by atoms with van der Waals surface area (Å²) in [4.78, 5) is 20.1. The quantitative estimate of drug-likeness (QED) is 0.502. The molecule has 4 rings (SSSR count). The Bertz CT molecular complexity index is 1060. The van der Waals surface area contributed by atoms with E-state index in [1.54, 1.807) is 43.4 Å². The first-order valence-electron chi connectivity index (χ1n) is 9.84. The highest BCUT2D eigenvalue weighted by atomic mass is 35.5. The van der Waals surface area contributed by atoms with E-state index in [0.29, 0.717) is 51.6 Å². The minimum absolute atomic E-state index is 0.0649. The van der Waals surface area contributed by atoms with Crippen LogP contribution in [0.25, 0.3) is 10.2 Å². The van der Waals surface area contributed by atoms with Crippen molar-refractivity contribution in [2.45, 2.75) is 18.9 Å². The second-order valence-electron chi connectivity index (χ2n) is 7.04. The third kappa shape index (κ3) is 4.28. The topological polar surface area (TPSA) is 70.1 Å². The molecular formula is C22H23ClN2O5S. The van der Waals surface area contributed by atoms with Crippen molar-refractivity contribution in [2.75, 3.05) is 39.4 Å². The van der Waals surface area contributed by atoms with Gasteiger partial charge in [0.25, 0.3) is 5.91 Å². The highest BCUT2D eigenvalue weighted by Gasteiger charge is 2.29. The molecule has 1 saturated heterocycles. The van der Waals surface area contributed by atoms with Gasteiger partial charge in [-0.25, -0.2) is 4.98 Å². The number of aromatic nitrogens is 1. The maximum atomic E-state index is 13.7. The molecule has 1 aliphatic rings. The first kappa shape index (κ1) is 21.7. The van der Waals surface area contributed by atoms with Crippen molar-refractivity contribution in [3.8, 4) is 17.2 Å². The van der Waals surface area contributed by atoms with Gasteiger partial charge in [0.1, 0.15) is 27.5 Å². The number of hydrogen-bond acceptors (Lipinski definition) is 7. The van der Waals surface area contributed by atoms with Crippen LogP contribution < -0.4 is 19.1 Å². The van der Waals surface area contributed by atoms with Crippen molar-refractivity contribution in [3.63, 3.8) is 0 Å². The zero-order valence-electron chi connectivity index (χ0n) is 17.5. The molecule has 1 fully saturated rings. The highest BCUT2D eigenvalue weighted by Crippen LogP contribution is 2.41. The van der Waals surface area contributed by atoms with Gasteiger partial charge in [-0.2, -0.15) is 0 Å². The zero-order chi connectivity index (χ0) is 22.0. The van der Waals surface area contributed by atoms with Gasteiger partial charge in [0.2, 0.25) is 0 Å². The highest BCUT2D eigenvalue weighted by molar-refractivity contribution is 7.22. The van der Waals surface area contributed by atoms with E-state index in [-0.39, 0.29) is 12.0 Å². The fraction of sp³-hybridized carbons (Fsp3) is 0.364. The number of ether oxygens (including phenoxy) is 4. The van der Waals surface area contributed by atoms with E-state index < -0.39 is 0 Å². The molecule has 2 aromatic carbocycles. The number of nitrogens with zero attached hydrogens (tertiary/aromatic N) is 2. The van der Waals surface area contributed by atoms with Crippen LogP contribution in [0, 0.1) is 0 Å². The summed E-state index contributed by atoms with van der Waals surface area (Å²) in [5, 5.41) is 0.981. The summed E-state index contributed by atoms with van der Waals surface area (Å²) in [5.41, 5.74) is 1.01. The minimum Gasteiger partial charge on any atom is -0.496 e. The van der Waals surface area contributed by atoms with E-state index in [1.807, 2.05) is 6.07 Å². The van der Waals surface area contributed by atoms with Gasteiger partial charge >= 0.3 is 0 Å². The molecule has 3 aromatic rings. The lowest BCUT2D eigenvalue weighted by Gasteiger charge is -2.24. The van der Waals surface area contributed by atoms with Crippen molar-refractivity contribution in [1.29, 1.82) is 0 Å². The predicted molar refractivity (Wildman–Crippen MR) is 121 cm³/mol. The monoisotopic (exact) mass is 462 g/mol. The molecule has 1 aliphatic heterocycles. The fourth-order valence-corrected chi connectivity index (χ4v) is 4.88. The van der Waals surface area contributed by atoms with Gasteiger partial charge in [0, 0.05) is 11.6 Å². The van der Waals surface area contributed by atoms with E-state index in [9.17, 15) is 4.79 Å². The smallest absolute Gasteiger partial charge is 0.263 e. The van der Waals surface area contributed by atoms with Crippen molar-refractivity contribution < 1.29 is 23.7 Å². The summed E-state index contributed by atoms with van der Waals surface area (Å²) in [5.74, 6) is 1.47.